The molecule has 3 aromatic rings. The molecule has 4 rings (SSSR count). The van der Waals surface area contributed by atoms with Crippen molar-refractivity contribution in [1.82, 2.24) is 0 Å². The van der Waals surface area contributed by atoms with Crippen LogP contribution in [0.15, 0.2) is 60.7 Å². The molecule has 2 nitrogen and oxygen atoms in total. The number of hydrogen-bond donors (Lipinski definition) is 2. The minimum absolute atomic E-state index is 0.0760. The molecule has 0 radical (unpaired) electrons. The molecule has 0 spiro atoms. The molecule has 0 atom stereocenters. The lowest BCUT2D eigenvalue weighted by Crippen LogP contribution is -1.88. The largest absolute Gasteiger partial charge is 0.508 e. The first kappa shape index (κ1) is 12.0. The molecule has 3 aromatic carbocycles. The molecule has 0 heterocycles. The summed E-state index contributed by atoms with van der Waals surface area (Å²) >= 11 is 0. The Morgan fingerprint density at radius 2 is 1.38 bits per heavy atom. The summed E-state index contributed by atoms with van der Waals surface area (Å²) in [4.78, 5) is 0. The first-order chi connectivity index (χ1) is 10.2. The highest BCUT2D eigenvalue weighted by molar-refractivity contribution is 5.86. The Morgan fingerprint density at radius 1 is 0.667 bits per heavy atom. The third-order valence-electron chi connectivity index (χ3n) is 4.12. The molecule has 0 saturated heterocycles. The summed E-state index contributed by atoms with van der Waals surface area (Å²) in [5.41, 5.74) is 6.85. The first-order valence-corrected chi connectivity index (χ1v) is 6.96. The van der Waals surface area contributed by atoms with Crippen molar-refractivity contribution < 1.29 is 10.2 Å². The van der Waals surface area contributed by atoms with Gasteiger partial charge in [-0.15, -0.1) is 0 Å². The van der Waals surface area contributed by atoms with Gasteiger partial charge in [0.15, 0.2) is 0 Å². The molecule has 1 aliphatic rings. The summed E-state index contributed by atoms with van der Waals surface area (Å²) in [5.74, 6) is 0.187. The van der Waals surface area contributed by atoms with Crippen molar-refractivity contribution in [3.05, 3.63) is 71.8 Å². The van der Waals surface area contributed by atoms with Gasteiger partial charge in [0.05, 0.1) is 0 Å². The van der Waals surface area contributed by atoms with Gasteiger partial charge in [-0.3, -0.25) is 0 Å². The Kier molecular flexibility index (Phi) is 2.51. The van der Waals surface area contributed by atoms with E-state index in [1.54, 1.807) is 12.1 Å². The van der Waals surface area contributed by atoms with E-state index in [9.17, 15) is 10.2 Å². The van der Waals surface area contributed by atoms with Gasteiger partial charge in [0, 0.05) is 11.6 Å². The Hall–Kier alpha value is -2.74. The number of aromatic hydroxyl groups is 2. The van der Waals surface area contributed by atoms with Crippen LogP contribution in [-0.2, 0) is 6.42 Å². The van der Waals surface area contributed by atoms with E-state index in [-0.39, 0.29) is 11.5 Å². The van der Waals surface area contributed by atoms with E-state index in [4.69, 9.17) is 0 Å². The lowest BCUT2D eigenvalue weighted by Gasteiger charge is -2.10. The second-order valence-electron chi connectivity index (χ2n) is 5.37. The van der Waals surface area contributed by atoms with Crippen LogP contribution < -0.4 is 0 Å². The van der Waals surface area contributed by atoms with E-state index in [0.29, 0.717) is 0 Å². The van der Waals surface area contributed by atoms with Crippen molar-refractivity contribution in [2.45, 2.75) is 6.42 Å². The van der Waals surface area contributed by atoms with Gasteiger partial charge in [-0.25, -0.2) is 0 Å². The van der Waals surface area contributed by atoms with Gasteiger partial charge in [0.2, 0.25) is 0 Å². The van der Waals surface area contributed by atoms with E-state index in [0.717, 1.165) is 17.5 Å². The highest BCUT2D eigenvalue weighted by Gasteiger charge is 2.21. The van der Waals surface area contributed by atoms with Crippen molar-refractivity contribution >= 4 is 0 Å². The Bertz CT molecular complexity index is 850. The fourth-order valence-electron chi connectivity index (χ4n) is 3.16. The SMILES string of the molecule is Oc1ccc(-c2cccc3c2Cc2ccccc2-3)c(O)c1. The highest BCUT2D eigenvalue weighted by atomic mass is 16.3. The third-order valence-corrected chi connectivity index (χ3v) is 4.12. The summed E-state index contributed by atoms with van der Waals surface area (Å²) in [6.07, 6.45) is 0.877. The van der Waals surface area contributed by atoms with Crippen LogP contribution in [0.2, 0.25) is 0 Å². The minimum atomic E-state index is 0.0760. The van der Waals surface area contributed by atoms with Crippen LogP contribution in [0.5, 0.6) is 11.5 Å². The van der Waals surface area contributed by atoms with Crippen LogP contribution in [0.1, 0.15) is 11.1 Å². The van der Waals surface area contributed by atoms with Gasteiger partial charge in [0.25, 0.3) is 0 Å². The van der Waals surface area contributed by atoms with Crippen LogP contribution in [0.4, 0.5) is 0 Å². The predicted octanol–water partition coefficient (Wildman–Crippen LogP) is 4.34. The number of benzene rings is 3. The van der Waals surface area contributed by atoms with Crippen molar-refractivity contribution in [3.8, 4) is 33.8 Å². The molecule has 21 heavy (non-hydrogen) atoms. The molecule has 0 amide bonds. The van der Waals surface area contributed by atoms with Crippen LogP contribution >= 0.6 is 0 Å². The van der Waals surface area contributed by atoms with Crippen molar-refractivity contribution in [2.24, 2.45) is 0 Å². The highest BCUT2D eigenvalue weighted by Crippen LogP contribution is 2.43. The average Bonchev–Trinajstić information content (AvgIpc) is 2.86. The predicted molar refractivity (Wildman–Crippen MR) is 83.4 cm³/mol. The van der Waals surface area contributed by atoms with Crippen LogP contribution in [0.25, 0.3) is 22.3 Å². The Morgan fingerprint density at radius 3 is 2.19 bits per heavy atom. The molecule has 0 aliphatic heterocycles. The molecule has 1 aliphatic carbocycles. The fraction of sp³-hybridized carbons (Fsp3) is 0.0526. The second-order valence-corrected chi connectivity index (χ2v) is 5.37. The standard InChI is InChI=1S/C19H14O2/c20-13-8-9-17(19(21)11-13)16-7-3-6-15-14-5-2-1-4-12(14)10-18(15)16/h1-9,11,20-21H,10H2. The summed E-state index contributed by atoms with van der Waals surface area (Å²) < 4.78 is 0. The summed E-state index contributed by atoms with van der Waals surface area (Å²) in [5, 5.41) is 19.6. The summed E-state index contributed by atoms with van der Waals surface area (Å²) in [7, 11) is 0. The quantitative estimate of drug-likeness (QED) is 0.542. The Balaban J connectivity index is 1.94. The van der Waals surface area contributed by atoms with Crippen molar-refractivity contribution in [3.63, 3.8) is 0 Å². The molecule has 0 fully saturated rings. The van der Waals surface area contributed by atoms with E-state index in [1.165, 1.54) is 28.3 Å². The maximum Gasteiger partial charge on any atom is 0.127 e. The third kappa shape index (κ3) is 1.80. The molecular formula is C19H14O2. The van der Waals surface area contributed by atoms with Gasteiger partial charge in [-0.05, 0) is 46.4 Å². The van der Waals surface area contributed by atoms with Crippen LogP contribution in [0, 0.1) is 0 Å². The summed E-state index contributed by atoms with van der Waals surface area (Å²) in [6.45, 7) is 0. The number of rotatable bonds is 1. The van der Waals surface area contributed by atoms with Gasteiger partial charge in [-0.1, -0.05) is 42.5 Å². The van der Waals surface area contributed by atoms with Gasteiger partial charge >= 0.3 is 0 Å². The molecule has 0 bridgehead atoms. The smallest absolute Gasteiger partial charge is 0.127 e. The molecule has 0 saturated carbocycles. The molecule has 102 valence electrons. The van der Waals surface area contributed by atoms with Gasteiger partial charge in [0.1, 0.15) is 11.5 Å². The van der Waals surface area contributed by atoms with E-state index in [2.05, 4.69) is 30.3 Å². The number of hydrogen-bond acceptors (Lipinski definition) is 2. The number of phenols is 2. The molecule has 0 aromatic heterocycles. The van der Waals surface area contributed by atoms with Crippen molar-refractivity contribution in [2.75, 3.05) is 0 Å². The first-order valence-electron chi connectivity index (χ1n) is 6.96. The normalized spacial score (nSPS) is 12.0. The topological polar surface area (TPSA) is 40.5 Å². The lowest BCUT2D eigenvalue weighted by atomic mass is 9.95. The Labute approximate surface area is 122 Å². The maximum atomic E-state index is 10.1. The van der Waals surface area contributed by atoms with E-state index in [1.807, 2.05) is 12.1 Å². The van der Waals surface area contributed by atoms with Gasteiger partial charge in [-0.2, -0.15) is 0 Å². The zero-order chi connectivity index (χ0) is 14.4. The van der Waals surface area contributed by atoms with Crippen molar-refractivity contribution in [1.29, 1.82) is 0 Å². The second kappa shape index (κ2) is 4.38. The zero-order valence-corrected chi connectivity index (χ0v) is 11.4. The van der Waals surface area contributed by atoms with Crippen LogP contribution in [0.3, 0.4) is 0 Å². The molecular weight excluding hydrogens is 260 g/mol. The maximum absolute atomic E-state index is 10.1. The number of phenolic OH excluding ortho intramolecular Hbond substituents is 2. The lowest BCUT2D eigenvalue weighted by molar-refractivity contribution is 0.452. The fourth-order valence-corrected chi connectivity index (χ4v) is 3.16. The molecule has 2 heteroatoms. The van der Waals surface area contributed by atoms with E-state index < -0.39 is 0 Å². The monoisotopic (exact) mass is 274 g/mol. The summed E-state index contributed by atoms with van der Waals surface area (Å²) in [6, 6.07) is 19.3. The molecule has 0 unspecified atom stereocenters. The van der Waals surface area contributed by atoms with Gasteiger partial charge < -0.3 is 10.2 Å². The zero-order valence-electron chi connectivity index (χ0n) is 11.4. The van der Waals surface area contributed by atoms with E-state index >= 15 is 0 Å². The van der Waals surface area contributed by atoms with Crippen LogP contribution in [-0.4, -0.2) is 10.2 Å². The molecule has 2 N–H and O–H groups in total. The average molecular weight is 274 g/mol. The minimum Gasteiger partial charge on any atom is -0.508 e. The number of fused-ring (bicyclic) bond motifs is 3.